The fourth-order valence-corrected chi connectivity index (χ4v) is 6.21. The van der Waals surface area contributed by atoms with Gasteiger partial charge in [-0.1, -0.05) is 17.7 Å². The molecule has 2 aromatic heterocycles. The summed E-state index contributed by atoms with van der Waals surface area (Å²) < 4.78 is 19.2. The lowest BCUT2D eigenvalue weighted by molar-refractivity contribution is 0.412. The van der Waals surface area contributed by atoms with Crippen molar-refractivity contribution in [2.24, 2.45) is 0 Å². The minimum atomic E-state index is -0.181. The molecule has 218 valence electrons. The number of nitrogens with zero attached hydrogens (tertiary/aromatic N) is 3. The van der Waals surface area contributed by atoms with E-state index < -0.39 is 0 Å². The molecule has 0 saturated carbocycles. The van der Waals surface area contributed by atoms with Crippen molar-refractivity contribution in [1.82, 2.24) is 14.9 Å². The Hall–Kier alpha value is -4.53. The molecule has 0 amide bonds. The van der Waals surface area contributed by atoms with E-state index in [0.29, 0.717) is 10.1 Å². The largest absolute Gasteiger partial charge is 0.497 e. The number of ether oxygens (including phenoxy) is 3. The lowest BCUT2D eigenvalue weighted by Gasteiger charge is -2.28. The van der Waals surface area contributed by atoms with Gasteiger partial charge in [-0.25, -0.2) is 0 Å². The molecule has 0 aliphatic carbocycles. The monoisotopic (exact) mass is 610 g/mol. The molecule has 3 aromatic carbocycles. The first-order valence-electron chi connectivity index (χ1n) is 13.8. The molecule has 3 heterocycles. The van der Waals surface area contributed by atoms with E-state index in [0.717, 1.165) is 57.0 Å². The van der Waals surface area contributed by atoms with Crippen molar-refractivity contribution in [3.8, 4) is 28.7 Å². The maximum Gasteiger partial charge on any atom is 0.174 e. The van der Waals surface area contributed by atoms with Gasteiger partial charge in [-0.15, -0.1) is 0 Å². The van der Waals surface area contributed by atoms with Crippen LogP contribution in [0.25, 0.3) is 5.69 Å². The van der Waals surface area contributed by atoms with Gasteiger partial charge in [-0.05, 0) is 117 Å². The summed E-state index contributed by atoms with van der Waals surface area (Å²) in [6.07, 6.45) is 1.81. The Morgan fingerprint density at radius 3 is 2.19 bits per heavy atom. The first kappa shape index (κ1) is 28.6. The summed E-state index contributed by atoms with van der Waals surface area (Å²) in [7, 11) is 3.31. The molecule has 2 unspecified atom stereocenters. The predicted octanol–water partition coefficient (Wildman–Crippen LogP) is 8.13. The fourth-order valence-electron chi connectivity index (χ4n) is 5.70. The summed E-state index contributed by atoms with van der Waals surface area (Å²) in [5, 5.41) is 4.81. The quantitative estimate of drug-likeness (QED) is 0.178. The Labute approximate surface area is 261 Å². The molecule has 0 spiro atoms. The molecule has 1 saturated heterocycles. The molecule has 0 bridgehead atoms. The Morgan fingerprint density at radius 1 is 0.837 bits per heavy atom. The molecule has 7 nitrogen and oxygen atoms in total. The van der Waals surface area contributed by atoms with Crippen LogP contribution in [0.5, 0.6) is 23.0 Å². The second-order valence-corrected chi connectivity index (χ2v) is 11.1. The number of hydrogen-bond donors (Lipinski definition) is 1. The number of benzene rings is 3. The predicted molar refractivity (Wildman–Crippen MR) is 174 cm³/mol. The molecule has 43 heavy (non-hydrogen) atoms. The molecular weight excluding hydrogens is 580 g/mol. The van der Waals surface area contributed by atoms with E-state index >= 15 is 0 Å². The van der Waals surface area contributed by atoms with Crippen LogP contribution in [0.2, 0.25) is 5.02 Å². The zero-order valence-electron chi connectivity index (χ0n) is 24.2. The number of rotatable bonds is 8. The number of pyridine rings is 1. The Balaban J connectivity index is 1.41. The maximum absolute atomic E-state index is 6.44. The Morgan fingerprint density at radius 2 is 1.53 bits per heavy atom. The standard InChI is InChI=1S/C34H31ClN4O3S/c1-21-19-28(22(2)38(21)30-20-23(35)8-17-31(30)41-4)33-32(29-7-5-6-18-36-29)37-34(43)39(33)24-9-11-26(12-10-24)42-27-15-13-25(40-3)14-16-27/h5-20,32-33H,1-4H3,(H,37,43). The smallest absolute Gasteiger partial charge is 0.174 e. The van der Waals surface area contributed by atoms with Crippen molar-refractivity contribution < 1.29 is 14.2 Å². The van der Waals surface area contributed by atoms with E-state index in [1.807, 2.05) is 91.1 Å². The normalized spacial score (nSPS) is 16.2. The highest BCUT2D eigenvalue weighted by Crippen LogP contribution is 2.44. The highest BCUT2D eigenvalue weighted by Gasteiger charge is 2.42. The summed E-state index contributed by atoms with van der Waals surface area (Å²) in [6.45, 7) is 4.20. The van der Waals surface area contributed by atoms with E-state index in [1.54, 1.807) is 14.2 Å². The Bertz CT molecular complexity index is 1760. The van der Waals surface area contributed by atoms with E-state index in [1.165, 1.54) is 0 Å². The molecule has 6 rings (SSSR count). The van der Waals surface area contributed by atoms with Crippen molar-refractivity contribution in [2.45, 2.75) is 25.9 Å². The van der Waals surface area contributed by atoms with Crippen LogP contribution in [0.1, 0.15) is 34.7 Å². The first-order valence-corrected chi connectivity index (χ1v) is 14.6. The van der Waals surface area contributed by atoms with E-state index in [9.17, 15) is 0 Å². The van der Waals surface area contributed by atoms with Gasteiger partial charge in [0.1, 0.15) is 23.0 Å². The summed E-state index contributed by atoms with van der Waals surface area (Å²) in [5.74, 6) is 2.96. The summed E-state index contributed by atoms with van der Waals surface area (Å²) in [4.78, 5) is 6.87. The molecule has 9 heteroatoms. The third kappa shape index (κ3) is 5.51. The molecular formula is C34H31ClN4O3S. The average Bonchev–Trinajstić information content (AvgIpc) is 3.52. The molecule has 1 aliphatic heterocycles. The Kier molecular flexibility index (Phi) is 7.97. The van der Waals surface area contributed by atoms with Gasteiger partial charge < -0.3 is 29.0 Å². The summed E-state index contributed by atoms with van der Waals surface area (Å²) >= 11 is 12.4. The third-order valence-corrected chi connectivity index (χ3v) is 8.23. The molecule has 1 fully saturated rings. The van der Waals surface area contributed by atoms with Gasteiger partial charge in [0, 0.05) is 28.3 Å². The lowest BCUT2D eigenvalue weighted by atomic mass is 9.96. The number of aromatic nitrogens is 2. The number of halogens is 1. The maximum atomic E-state index is 6.44. The zero-order chi connectivity index (χ0) is 30.1. The molecule has 0 radical (unpaired) electrons. The van der Waals surface area contributed by atoms with Crippen LogP contribution in [0, 0.1) is 13.8 Å². The topological polar surface area (TPSA) is 60.8 Å². The number of nitrogens with one attached hydrogen (secondary N) is 1. The average molecular weight is 611 g/mol. The van der Waals surface area contributed by atoms with Crippen LogP contribution in [0.4, 0.5) is 5.69 Å². The highest BCUT2D eigenvalue weighted by atomic mass is 35.5. The van der Waals surface area contributed by atoms with Crippen molar-refractivity contribution in [1.29, 1.82) is 0 Å². The second-order valence-electron chi connectivity index (χ2n) is 10.2. The van der Waals surface area contributed by atoms with Gasteiger partial charge >= 0.3 is 0 Å². The SMILES string of the molecule is COc1ccc(Oc2ccc(N3C(=S)NC(c4ccccn4)C3c3cc(C)n(-c4cc(Cl)ccc4OC)c3C)cc2)cc1. The van der Waals surface area contributed by atoms with Crippen molar-refractivity contribution >= 4 is 34.6 Å². The number of anilines is 1. The molecule has 1 N–H and O–H groups in total. The minimum absolute atomic E-state index is 0.180. The first-order chi connectivity index (χ1) is 20.9. The highest BCUT2D eigenvalue weighted by molar-refractivity contribution is 7.80. The minimum Gasteiger partial charge on any atom is -0.497 e. The van der Waals surface area contributed by atoms with Gasteiger partial charge in [0.05, 0.1) is 37.7 Å². The zero-order valence-corrected chi connectivity index (χ0v) is 25.8. The van der Waals surface area contributed by atoms with Gasteiger partial charge in [0.15, 0.2) is 5.11 Å². The molecule has 5 aromatic rings. The van der Waals surface area contributed by atoms with Crippen LogP contribution in [0.15, 0.2) is 97.2 Å². The van der Waals surface area contributed by atoms with Crippen molar-refractivity contribution in [3.63, 3.8) is 0 Å². The lowest BCUT2D eigenvalue weighted by Crippen LogP contribution is -2.29. The van der Waals surface area contributed by atoms with Crippen LogP contribution >= 0.6 is 23.8 Å². The molecule has 2 atom stereocenters. The van der Waals surface area contributed by atoms with Gasteiger partial charge in [-0.2, -0.15) is 0 Å². The number of methoxy groups -OCH3 is 2. The number of thiocarbonyl (C=S) groups is 1. The summed E-state index contributed by atoms with van der Waals surface area (Å²) in [6, 6.07) is 28.9. The van der Waals surface area contributed by atoms with Crippen LogP contribution < -0.4 is 24.4 Å². The summed E-state index contributed by atoms with van der Waals surface area (Å²) in [5.41, 5.74) is 5.94. The van der Waals surface area contributed by atoms with Crippen LogP contribution in [-0.2, 0) is 0 Å². The number of hydrogen-bond acceptors (Lipinski definition) is 5. The van der Waals surface area contributed by atoms with Crippen LogP contribution in [-0.4, -0.2) is 28.9 Å². The van der Waals surface area contributed by atoms with Gasteiger partial charge in [-0.3, -0.25) is 4.98 Å². The fraction of sp³-hybridized carbons (Fsp3) is 0.176. The second kappa shape index (κ2) is 12.0. The van der Waals surface area contributed by atoms with Gasteiger partial charge in [0.2, 0.25) is 0 Å². The third-order valence-electron chi connectivity index (χ3n) is 7.68. The molecule has 1 aliphatic rings. The van der Waals surface area contributed by atoms with Crippen molar-refractivity contribution in [2.75, 3.05) is 19.1 Å². The van der Waals surface area contributed by atoms with E-state index in [-0.39, 0.29) is 12.1 Å². The van der Waals surface area contributed by atoms with E-state index in [4.69, 9.17) is 43.0 Å². The van der Waals surface area contributed by atoms with Gasteiger partial charge in [0.25, 0.3) is 0 Å². The number of aryl methyl sites for hydroxylation is 1. The van der Waals surface area contributed by atoms with Crippen molar-refractivity contribution in [3.05, 3.63) is 125 Å². The van der Waals surface area contributed by atoms with Crippen LogP contribution in [0.3, 0.4) is 0 Å². The van der Waals surface area contributed by atoms with E-state index in [2.05, 4.69) is 34.7 Å².